The van der Waals surface area contributed by atoms with Crippen LogP contribution in [0.2, 0.25) is 0 Å². The van der Waals surface area contributed by atoms with Gasteiger partial charge in [-0.3, -0.25) is 4.79 Å². The first-order valence-electron chi connectivity index (χ1n) is 6.94. The predicted molar refractivity (Wildman–Crippen MR) is 82.3 cm³/mol. The summed E-state index contributed by atoms with van der Waals surface area (Å²) >= 11 is 0. The molecule has 0 aliphatic carbocycles. The minimum atomic E-state index is -3.22. The van der Waals surface area contributed by atoms with Gasteiger partial charge >= 0.3 is 5.97 Å². The Morgan fingerprint density at radius 1 is 1.18 bits per heavy atom. The Kier molecular flexibility index (Phi) is 5.71. The Labute approximate surface area is 130 Å². The molecule has 22 heavy (non-hydrogen) atoms. The second-order valence-corrected chi connectivity index (χ2v) is 7.80. The maximum Gasteiger partial charge on any atom is 0.328 e. The maximum absolute atomic E-state index is 11.7. The lowest BCUT2D eigenvalue weighted by molar-refractivity contribution is -0.146. The van der Waals surface area contributed by atoms with E-state index in [-0.39, 0.29) is 23.0 Å². The minimum absolute atomic E-state index is 0.0407. The summed E-state index contributed by atoms with van der Waals surface area (Å²) in [5.41, 5.74) is -0.491. The highest BCUT2D eigenvalue weighted by Gasteiger charge is 2.28. The quantitative estimate of drug-likeness (QED) is 0.788. The van der Waals surface area contributed by atoms with Crippen molar-refractivity contribution < 1.29 is 23.1 Å². The Balaban J connectivity index is 2.63. The monoisotopic (exact) mass is 327 g/mol. The number of hydrogen-bond donors (Lipinski definition) is 2. The number of benzene rings is 1. The van der Waals surface area contributed by atoms with Gasteiger partial charge in [-0.2, -0.15) is 0 Å². The molecule has 0 atom stereocenters. The molecule has 1 rings (SSSR count). The molecule has 7 heteroatoms. The summed E-state index contributed by atoms with van der Waals surface area (Å²) in [5.74, 6) is -1.42. The number of carbonyl (C=O) groups excluding carboxylic acids is 1. The Morgan fingerprint density at radius 2 is 1.73 bits per heavy atom. The van der Waals surface area contributed by atoms with Crippen molar-refractivity contribution in [3.63, 3.8) is 0 Å². The first-order valence-corrected chi connectivity index (χ1v) is 8.60. The molecule has 0 aliphatic rings. The van der Waals surface area contributed by atoms with E-state index in [2.05, 4.69) is 5.32 Å². The van der Waals surface area contributed by atoms with Crippen LogP contribution in [0.3, 0.4) is 0 Å². The van der Waals surface area contributed by atoms with Gasteiger partial charge in [-0.1, -0.05) is 19.1 Å². The van der Waals surface area contributed by atoms with E-state index >= 15 is 0 Å². The number of rotatable bonds is 7. The van der Waals surface area contributed by atoms with Gasteiger partial charge in [-0.15, -0.1) is 0 Å². The fourth-order valence-corrected chi connectivity index (χ4v) is 2.64. The normalized spacial score (nSPS) is 12.0. The highest BCUT2D eigenvalue weighted by atomic mass is 32.2. The number of sulfone groups is 1. The third kappa shape index (κ3) is 4.84. The molecule has 0 saturated carbocycles. The molecule has 1 aromatic rings. The van der Waals surface area contributed by atoms with Crippen LogP contribution in [0.1, 0.15) is 32.8 Å². The number of carboxylic acid groups (broad SMARTS) is 1. The zero-order chi connectivity index (χ0) is 17.0. The number of carboxylic acids is 1. The molecule has 2 N–H and O–H groups in total. The van der Waals surface area contributed by atoms with Crippen LogP contribution in [-0.4, -0.2) is 36.7 Å². The summed E-state index contributed by atoms with van der Waals surface area (Å²) in [6, 6.07) is 6.37. The van der Waals surface area contributed by atoms with E-state index in [0.29, 0.717) is 6.42 Å². The van der Waals surface area contributed by atoms with Crippen LogP contribution in [0.25, 0.3) is 0 Å². The number of carbonyl (C=O) groups is 2. The molecule has 0 radical (unpaired) electrons. The smallest absolute Gasteiger partial charge is 0.328 e. The summed E-state index contributed by atoms with van der Waals surface area (Å²) < 4.78 is 23.4. The summed E-state index contributed by atoms with van der Waals surface area (Å²) in [5, 5.41) is 11.4. The SMILES string of the molecule is CCS(=O)(=O)c1ccc(CCC(=O)NC(C)(C)C(=O)O)cc1. The number of hydrogen-bond acceptors (Lipinski definition) is 4. The highest BCUT2D eigenvalue weighted by molar-refractivity contribution is 7.91. The van der Waals surface area contributed by atoms with Crippen LogP contribution >= 0.6 is 0 Å². The molecule has 0 heterocycles. The molecule has 0 saturated heterocycles. The van der Waals surface area contributed by atoms with Crippen molar-refractivity contribution in [2.24, 2.45) is 0 Å². The number of nitrogens with one attached hydrogen (secondary N) is 1. The molecule has 0 aromatic heterocycles. The van der Waals surface area contributed by atoms with Gasteiger partial charge in [-0.05, 0) is 38.0 Å². The van der Waals surface area contributed by atoms with Crippen molar-refractivity contribution in [3.05, 3.63) is 29.8 Å². The fourth-order valence-electron chi connectivity index (χ4n) is 1.75. The van der Waals surface area contributed by atoms with Gasteiger partial charge in [0.1, 0.15) is 5.54 Å². The standard InChI is InChI=1S/C15H21NO5S/c1-4-22(20,21)12-8-5-11(6-9-12)7-10-13(17)16-15(2,3)14(18)19/h5-6,8-9H,4,7,10H2,1-3H3,(H,16,17)(H,18,19). The van der Waals surface area contributed by atoms with Gasteiger partial charge in [-0.25, -0.2) is 13.2 Å². The predicted octanol–water partition coefficient (Wildman–Crippen LogP) is 1.39. The average Bonchev–Trinajstić information content (AvgIpc) is 2.45. The van der Waals surface area contributed by atoms with Gasteiger partial charge in [0.05, 0.1) is 10.6 Å². The first kappa shape index (κ1) is 18.2. The van der Waals surface area contributed by atoms with E-state index in [9.17, 15) is 18.0 Å². The summed E-state index contributed by atoms with van der Waals surface area (Å²) in [6.07, 6.45) is 0.546. The van der Waals surface area contributed by atoms with Crippen molar-refractivity contribution in [2.45, 2.75) is 44.0 Å². The van der Waals surface area contributed by atoms with Crippen LogP contribution in [-0.2, 0) is 25.8 Å². The van der Waals surface area contributed by atoms with E-state index in [1.54, 1.807) is 19.1 Å². The van der Waals surface area contributed by atoms with Crippen molar-refractivity contribution in [3.8, 4) is 0 Å². The zero-order valence-corrected chi connectivity index (χ0v) is 13.7. The van der Waals surface area contributed by atoms with Crippen LogP contribution in [0.15, 0.2) is 29.2 Å². The number of aryl methyl sites for hydroxylation is 1. The molecule has 1 amide bonds. The van der Waals surface area contributed by atoms with Crippen LogP contribution < -0.4 is 5.32 Å². The molecule has 0 fully saturated rings. The van der Waals surface area contributed by atoms with Gasteiger partial charge < -0.3 is 10.4 Å². The van der Waals surface area contributed by atoms with Gasteiger partial charge in [0.15, 0.2) is 9.84 Å². The average molecular weight is 327 g/mol. The Bertz CT molecular complexity index is 647. The number of amides is 1. The van der Waals surface area contributed by atoms with E-state index in [0.717, 1.165) is 5.56 Å². The van der Waals surface area contributed by atoms with Crippen LogP contribution in [0.5, 0.6) is 0 Å². The molecule has 0 aliphatic heterocycles. The molecule has 0 bridgehead atoms. The zero-order valence-electron chi connectivity index (χ0n) is 12.9. The van der Waals surface area contributed by atoms with Crippen molar-refractivity contribution >= 4 is 21.7 Å². The molecule has 0 spiro atoms. The van der Waals surface area contributed by atoms with Crippen LogP contribution in [0, 0.1) is 0 Å². The van der Waals surface area contributed by atoms with Crippen LogP contribution in [0.4, 0.5) is 0 Å². The molecule has 0 unspecified atom stereocenters. The van der Waals surface area contributed by atoms with Crippen molar-refractivity contribution in [1.82, 2.24) is 5.32 Å². The summed E-state index contributed by atoms with van der Waals surface area (Å²) in [4.78, 5) is 22.9. The second kappa shape index (κ2) is 6.91. The third-order valence-corrected chi connectivity index (χ3v) is 5.04. The van der Waals surface area contributed by atoms with Gasteiger partial charge in [0.25, 0.3) is 0 Å². The highest BCUT2D eigenvalue weighted by Crippen LogP contribution is 2.13. The lowest BCUT2D eigenvalue weighted by Crippen LogP contribution is -2.49. The van der Waals surface area contributed by atoms with E-state index in [1.165, 1.54) is 26.0 Å². The van der Waals surface area contributed by atoms with E-state index in [1.807, 2.05) is 0 Å². The largest absolute Gasteiger partial charge is 0.480 e. The van der Waals surface area contributed by atoms with Gasteiger partial charge in [0, 0.05) is 6.42 Å². The molecule has 6 nitrogen and oxygen atoms in total. The Hall–Kier alpha value is -1.89. The fraction of sp³-hybridized carbons (Fsp3) is 0.467. The molecule has 122 valence electrons. The lowest BCUT2D eigenvalue weighted by Gasteiger charge is -2.20. The van der Waals surface area contributed by atoms with Crippen molar-refractivity contribution in [1.29, 1.82) is 0 Å². The first-order chi connectivity index (χ1) is 10.1. The van der Waals surface area contributed by atoms with E-state index in [4.69, 9.17) is 5.11 Å². The lowest BCUT2D eigenvalue weighted by atomic mass is 10.0. The number of aliphatic carboxylic acids is 1. The van der Waals surface area contributed by atoms with E-state index < -0.39 is 21.3 Å². The second-order valence-electron chi connectivity index (χ2n) is 5.53. The summed E-state index contributed by atoms with van der Waals surface area (Å²) in [7, 11) is -3.22. The summed E-state index contributed by atoms with van der Waals surface area (Å²) in [6.45, 7) is 4.41. The third-order valence-electron chi connectivity index (χ3n) is 3.29. The molecule has 1 aromatic carbocycles. The van der Waals surface area contributed by atoms with Crippen molar-refractivity contribution in [2.75, 3.05) is 5.75 Å². The Morgan fingerprint density at radius 3 is 2.18 bits per heavy atom. The maximum atomic E-state index is 11.7. The van der Waals surface area contributed by atoms with Gasteiger partial charge in [0.2, 0.25) is 5.91 Å². The minimum Gasteiger partial charge on any atom is -0.480 e. The molecular weight excluding hydrogens is 306 g/mol. The topological polar surface area (TPSA) is 101 Å². The molecular formula is C15H21NO5S.